The number of hydrogen-bond donors (Lipinski definition) is 1. The highest BCUT2D eigenvalue weighted by molar-refractivity contribution is 9.10. The van der Waals surface area contributed by atoms with Crippen molar-refractivity contribution in [1.82, 2.24) is 0 Å². The van der Waals surface area contributed by atoms with E-state index in [0.29, 0.717) is 6.61 Å². The van der Waals surface area contributed by atoms with E-state index in [0.717, 1.165) is 41.7 Å². The summed E-state index contributed by atoms with van der Waals surface area (Å²) < 4.78 is 12.7. The van der Waals surface area contributed by atoms with Crippen molar-refractivity contribution in [3.05, 3.63) is 27.7 Å². The van der Waals surface area contributed by atoms with Crippen LogP contribution in [0.4, 0.5) is 0 Å². The molecule has 1 fully saturated rings. The largest absolute Gasteiger partial charge is 0.487 e. The van der Waals surface area contributed by atoms with E-state index in [1.54, 1.807) is 0 Å². The van der Waals surface area contributed by atoms with Crippen LogP contribution in [0.2, 0.25) is 0 Å². The highest BCUT2D eigenvalue weighted by Gasteiger charge is 2.19. The summed E-state index contributed by atoms with van der Waals surface area (Å²) in [5, 5.41) is 0. The van der Waals surface area contributed by atoms with Crippen LogP contribution >= 0.6 is 15.9 Å². The predicted octanol–water partition coefficient (Wildman–Crippen LogP) is 3.21. The molecule has 1 heterocycles. The second kappa shape index (κ2) is 6.73. The molecule has 0 bridgehead atoms. The Labute approximate surface area is 123 Å². The van der Waals surface area contributed by atoms with Crippen molar-refractivity contribution >= 4 is 15.9 Å². The molecule has 0 aromatic heterocycles. The zero-order chi connectivity index (χ0) is 13.8. The minimum absolute atomic E-state index is 0.124. The summed E-state index contributed by atoms with van der Waals surface area (Å²) in [7, 11) is 0. The van der Waals surface area contributed by atoms with Crippen molar-refractivity contribution in [2.24, 2.45) is 5.73 Å². The van der Waals surface area contributed by atoms with E-state index in [4.69, 9.17) is 15.2 Å². The molecule has 2 unspecified atom stereocenters. The van der Waals surface area contributed by atoms with Gasteiger partial charge in [0.05, 0.1) is 6.61 Å². The van der Waals surface area contributed by atoms with Gasteiger partial charge in [0.25, 0.3) is 0 Å². The molecule has 3 nitrogen and oxygen atoms in total. The number of halogens is 1. The third kappa shape index (κ3) is 4.20. The molecule has 0 aliphatic carbocycles. The Kier molecular flexibility index (Phi) is 5.25. The lowest BCUT2D eigenvalue weighted by atomic mass is 10.0. The van der Waals surface area contributed by atoms with Crippen molar-refractivity contribution in [2.45, 2.75) is 45.3 Å². The van der Waals surface area contributed by atoms with Crippen LogP contribution in [0.1, 0.15) is 30.9 Å². The van der Waals surface area contributed by atoms with Gasteiger partial charge in [-0.2, -0.15) is 0 Å². The first-order valence-corrected chi connectivity index (χ1v) is 7.64. The molecule has 0 saturated carbocycles. The number of ether oxygens (including phenoxy) is 2. The Hall–Kier alpha value is -0.580. The Morgan fingerprint density at radius 1 is 1.53 bits per heavy atom. The van der Waals surface area contributed by atoms with Crippen LogP contribution < -0.4 is 10.5 Å². The van der Waals surface area contributed by atoms with Gasteiger partial charge in [0.1, 0.15) is 11.9 Å². The average molecular weight is 328 g/mol. The molecule has 1 aliphatic heterocycles. The zero-order valence-corrected chi connectivity index (χ0v) is 13.2. The second-order valence-corrected chi connectivity index (χ2v) is 6.27. The Morgan fingerprint density at radius 2 is 2.32 bits per heavy atom. The van der Waals surface area contributed by atoms with Crippen LogP contribution in [0, 0.1) is 6.92 Å². The third-order valence-electron chi connectivity index (χ3n) is 3.26. The molecule has 1 aromatic rings. The van der Waals surface area contributed by atoms with E-state index < -0.39 is 0 Å². The maximum atomic E-state index is 6.17. The molecule has 106 valence electrons. The summed E-state index contributed by atoms with van der Waals surface area (Å²) in [6, 6.07) is 4.32. The van der Waals surface area contributed by atoms with E-state index >= 15 is 0 Å². The SMILES string of the molecule is Cc1cc(Br)cc(CC(C)N)c1OC1CCCOC1. The molecule has 2 atom stereocenters. The summed E-state index contributed by atoms with van der Waals surface area (Å²) in [4.78, 5) is 0. The third-order valence-corrected chi connectivity index (χ3v) is 3.72. The van der Waals surface area contributed by atoms with Crippen molar-refractivity contribution in [3.63, 3.8) is 0 Å². The second-order valence-electron chi connectivity index (χ2n) is 5.35. The molecule has 19 heavy (non-hydrogen) atoms. The minimum atomic E-state index is 0.124. The smallest absolute Gasteiger partial charge is 0.126 e. The fourth-order valence-electron chi connectivity index (χ4n) is 2.44. The van der Waals surface area contributed by atoms with Gasteiger partial charge in [-0.1, -0.05) is 15.9 Å². The normalized spacial score (nSPS) is 21.2. The molecule has 1 saturated heterocycles. The van der Waals surface area contributed by atoms with Gasteiger partial charge < -0.3 is 15.2 Å². The lowest BCUT2D eigenvalue weighted by molar-refractivity contribution is 0.00673. The molecule has 4 heteroatoms. The van der Waals surface area contributed by atoms with E-state index in [2.05, 4.69) is 35.0 Å². The van der Waals surface area contributed by atoms with Crippen molar-refractivity contribution in [1.29, 1.82) is 0 Å². The highest BCUT2D eigenvalue weighted by atomic mass is 79.9. The summed E-state index contributed by atoms with van der Waals surface area (Å²) in [5.74, 6) is 0.982. The number of aryl methyl sites for hydroxylation is 1. The van der Waals surface area contributed by atoms with Crippen LogP contribution in [0.3, 0.4) is 0 Å². The number of benzene rings is 1. The summed E-state index contributed by atoms with van der Waals surface area (Å²) in [6.45, 7) is 5.64. The van der Waals surface area contributed by atoms with Crippen molar-refractivity contribution in [3.8, 4) is 5.75 Å². The standard InChI is InChI=1S/C15H22BrNO2/c1-10-6-13(16)8-12(7-11(2)17)15(10)19-14-4-3-5-18-9-14/h6,8,11,14H,3-5,7,9,17H2,1-2H3. The van der Waals surface area contributed by atoms with Crippen molar-refractivity contribution < 1.29 is 9.47 Å². The van der Waals surface area contributed by atoms with E-state index in [-0.39, 0.29) is 12.1 Å². The van der Waals surface area contributed by atoms with Crippen LogP contribution in [0.25, 0.3) is 0 Å². The van der Waals surface area contributed by atoms with Crippen LogP contribution in [-0.4, -0.2) is 25.4 Å². The molecule has 1 aliphatic rings. The van der Waals surface area contributed by atoms with Gasteiger partial charge >= 0.3 is 0 Å². The number of rotatable bonds is 4. The Balaban J connectivity index is 2.20. The first-order chi connectivity index (χ1) is 9.06. The molecule has 0 radical (unpaired) electrons. The molecule has 2 rings (SSSR count). The van der Waals surface area contributed by atoms with Crippen LogP contribution in [-0.2, 0) is 11.2 Å². The van der Waals surface area contributed by atoms with Gasteiger partial charge in [-0.15, -0.1) is 0 Å². The molecule has 1 aromatic carbocycles. The summed E-state index contributed by atoms with van der Waals surface area (Å²) >= 11 is 3.54. The van der Waals surface area contributed by atoms with Crippen LogP contribution in [0.5, 0.6) is 5.75 Å². The van der Waals surface area contributed by atoms with Gasteiger partial charge in [-0.3, -0.25) is 0 Å². The van der Waals surface area contributed by atoms with Gasteiger partial charge in [-0.05, 0) is 56.4 Å². The van der Waals surface area contributed by atoms with E-state index in [9.17, 15) is 0 Å². The zero-order valence-electron chi connectivity index (χ0n) is 11.6. The van der Waals surface area contributed by atoms with Gasteiger partial charge in [0, 0.05) is 17.1 Å². The fourth-order valence-corrected chi connectivity index (χ4v) is 3.06. The maximum Gasteiger partial charge on any atom is 0.126 e. The van der Waals surface area contributed by atoms with Crippen LogP contribution in [0.15, 0.2) is 16.6 Å². The Morgan fingerprint density at radius 3 is 2.95 bits per heavy atom. The fraction of sp³-hybridized carbons (Fsp3) is 0.600. The predicted molar refractivity (Wildman–Crippen MR) is 80.7 cm³/mol. The molecule has 0 amide bonds. The molecule has 2 N–H and O–H groups in total. The summed E-state index contributed by atoms with van der Waals surface area (Å²) in [5.41, 5.74) is 8.25. The lowest BCUT2D eigenvalue weighted by Gasteiger charge is -2.26. The topological polar surface area (TPSA) is 44.5 Å². The first-order valence-electron chi connectivity index (χ1n) is 6.85. The van der Waals surface area contributed by atoms with Gasteiger partial charge in [0.2, 0.25) is 0 Å². The molecular weight excluding hydrogens is 306 g/mol. The van der Waals surface area contributed by atoms with Crippen molar-refractivity contribution in [2.75, 3.05) is 13.2 Å². The highest BCUT2D eigenvalue weighted by Crippen LogP contribution is 2.30. The Bertz CT molecular complexity index is 428. The quantitative estimate of drug-likeness (QED) is 0.923. The molecular formula is C15H22BrNO2. The summed E-state index contributed by atoms with van der Waals surface area (Å²) in [6.07, 6.45) is 3.12. The monoisotopic (exact) mass is 327 g/mol. The molecule has 0 spiro atoms. The van der Waals surface area contributed by atoms with Gasteiger partial charge in [-0.25, -0.2) is 0 Å². The maximum absolute atomic E-state index is 6.17. The lowest BCUT2D eigenvalue weighted by Crippen LogP contribution is -2.29. The average Bonchev–Trinajstić information content (AvgIpc) is 2.34. The minimum Gasteiger partial charge on any atom is -0.487 e. The van der Waals surface area contributed by atoms with E-state index in [1.807, 2.05) is 6.92 Å². The van der Waals surface area contributed by atoms with E-state index in [1.165, 1.54) is 5.56 Å². The van der Waals surface area contributed by atoms with Gasteiger partial charge in [0.15, 0.2) is 0 Å². The number of nitrogens with two attached hydrogens (primary N) is 1. The first kappa shape index (κ1) is 14.8. The number of hydrogen-bond acceptors (Lipinski definition) is 3.